The van der Waals surface area contributed by atoms with E-state index in [1.54, 1.807) is 31.4 Å². The number of methoxy groups -OCH3 is 1. The van der Waals surface area contributed by atoms with Crippen molar-refractivity contribution in [3.05, 3.63) is 65.7 Å². The quantitative estimate of drug-likeness (QED) is 0.435. The Hall–Kier alpha value is -2.75. The lowest BCUT2D eigenvalue weighted by molar-refractivity contribution is -0.120. The topological polar surface area (TPSA) is 105 Å². The molecule has 0 spiro atoms. The summed E-state index contributed by atoms with van der Waals surface area (Å²) in [7, 11) is -1.74. The molecule has 2 N–H and O–H groups in total. The zero-order valence-electron chi connectivity index (χ0n) is 20.2. The van der Waals surface area contributed by atoms with Crippen LogP contribution in [0, 0.1) is 5.92 Å². The highest BCUT2D eigenvalue weighted by Gasteiger charge is 2.31. The standard InChI is InChI=1S/C26H35N3O5S/c1-34-19-8-16-27-26(31)23-12-5-6-13-24(23)28-25(30)22-14-17-29(18-15-22)35(32,33)20-7-11-21-9-3-2-4-10-21/h2-6,9-10,12-13,22H,7-8,11,14-20H2,1H3,(H,27,31)(H,28,30). The first-order chi connectivity index (χ1) is 16.9. The Morgan fingerprint density at radius 1 is 1.00 bits per heavy atom. The number of hydrogen-bond donors (Lipinski definition) is 2. The molecule has 1 aliphatic heterocycles. The number of rotatable bonds is 12. The molecule has 0 saturated carbocycles. The van der Waals surface area contributed by atoms with Crippen LogP contribution in [0.1, 0.15) is 41.6 Å². The largest absolute Gasteiger partial charge is 0.385 e. The van der Waals surface area contributed by atoms with Crippen molar-refractivity contribution in [2.75, 3.05) is 44.4 Å². The van der Waals surface area contributed by atoms with Crippen molar-refractivity contribution in [3.63, 3.8) is 0 Å². The summed E-state index contributed by atoms with van der Waals surface area (Å²) >= 11 is 0. The van der Waals surface area contributed by atoms with E-state index in [0.29, 0.717) is 63.2 Å². The van der Waals surface area contributed by atoms with Gasteiger partial charge in [0.25, 0.3) is 5.91 Å². The van der Waals surface area contributed by atoms with Crippen LogP contribution in [-0.2, 0) is 26.0 Å². The number of carbonyl (C=O) groups excluding carboxylic acids is 2. The van der Waals surface area contributed by atoms with Gasteiger partial charge in [0.1, 0.15) is 0 Å². The normalized spacial score (nSPS) is 15.0. The van der Waals surface area contributed by atoms with Gasteiger partial charge in [-0.15, -0.1) is 0 Å². The summed E-state index contributed by atoms with van der Waals surface area (Å²) in [5.41, 5.74) is 1.98. The Kier molecular flexibility index (Phi) is 10.3. The van der Waals surface area contributed by atoms with E-state index in [9.17, 15) is 18.0 Å². The summed E-state index contributed by atoms with van der Waals surface area (Å²) in [6.45, 7) is 1.69. The number of nitrogens with zero attached hydrogens (tertiary/aromatic N) is 1. The summed E-state index contributed by atoms with van der Waals surface area (Å²) < 4.78 is 32.0. The SMILES string of the molecule is COCCCNC(=O)c1ccccc1NC(=O)C1CCN(S(=O)(=O)CCCc2ccccc2)CC1. The van der Waals surface area contributed by atoms with Crippen LogP contribution in [0.2, 0.25) is 0 Å². The molecule has 0 aromatic heterocycles. The van der Waals surface area contributed by atoms with Gasteiger partial charge in [0.15, 0.2) is 0 Å². The Morgan fingerprint density at radius 3 is 2.40 bits per heavy atom. The van der Waals surface area contributed by atoms with Crippen LogP contribution in [0.15, 0.2) is 54.6 Å². The predicted octanol–water partition coefficient (Wildman–Crippen LogP) is 3.07. The van der Waals surface area contributed by atoms with Gasteiger partial charge in [0, 0.05) is 39.3 Å². The van der Waals surface area contributed by atoms with Crippen molar-refractivity contribution >= 4 is 27.5 Å². The monoisotopic (exact) mass is 501 g/mol. The van der Waals surface area contributed by atoms with Crippen molar-refractivity contribution in [2.45, 2.75) is 32.1 Å². The zero-order valence-corrected chi connectivity index (χ0v) is 21.1. The van der Waals surface area contributed by atoms with Crippen LogP contribution in [0.25, 0.3) is 0 Å². The summed E-state index contributed by atoms with van der Waals surface area (Å²) in [5.74, 6) is -0.645. The van der Waals surface area contributed by atoms with Gasteiger partial charge in [-0.2, -0.15) is 0 Å². The molecule has 35 heavy (non-hydrogen) atoms. The van der Waals surface area contributed by atoms with E-state index in [2.05, 4.69) is 10.6 Å². The second-order valence-corrected chi connectivity index (χ2v) is 10.8. The van der Waals surface area contributed by atoms with E-state index >= 15 is 0 Å². The number of hydrogen-bond acceptors (Lipinski definition) is 5. The van der Waals surface area contributed by atoms with Crippen molar-refractivity contribution in [2.24, 2.45) is 5.92 Å². The second-order valence-electron chi connectivity index (χ2n) is 8.72. The zero-order chi connectivity index (χ0) is 25.1. The van der Waals surface area contributed by atoms with Crippen LogP contribution in [-0.4, -0.2) is 63.6 Å². The van der Waals surface area contributed by atoms with Gasteiger partial charge < -0.3 is 15.4 Å². The minimum Gasteiger partial charge on any atom is -0.385 e. The molecule has 0 radical (unpaired) electrons. The molecule has 0 atom stereocenters. The van der Waals surface area contributed by atoms with Crippen LogP contribution in [0.3, 0.4) is 0 Å². The third kappa shape index (κ3) is 8.16. The molecule has 3 rings (SSSR count). The molecule has 190 valence electrons. The van der Waals surface area contributed by atoms with Crippen molar-refractivity contribution in [1.82, 2.24) is 9.62 Å². The molecular weight excluding hydrogens is 466 g/mol. The third-order valence-corrected chi connectivity index (χ3v) is 8.13. The molecule has 0 aliphatic carbocycles. The lowest BCUT2D eigenvalue weighted by atomic mass is 9.97. The van der Waals surface area contributed by atoms with Gasteiger partial charge in [0.05, 0.1) is 17.0 Å². The Bertz CT molecular complexity index is 1070. The average molecular weight is 502 g/mol. The predicted molar refractivity (Wildman–Crippen MR) is 137 cm³/mol. The fraction of sp³-hybridized carbons (Fsp3) is 0.462. The highest BCUT2D eigenvalue weighted by atomic mass is 32.2. The number of para-hydroxylation sites is 1. The lowest BCUT2D eigenvalue weighted by Gasteiger charge is -2.30. The summed E-state index contributed by atoms with van der Waals surface area (Å²) in [5, 5.41) is 5.71. The van der Waals surface area contributed by atoms with E-state index in [-0.39, 0.29) is 23.5 Å². The van der Waals surface area contributed by atoms with Gasteiger partial charge in [-0.25, -0.2) is 12.7 Å². The number of ether oxygens (including phenoxy) is 1. The van der Waals surface area contributed by atoms with Gasteiger partial charge in [0.2, 0.25) is 15.9 Å². The average Bonchev–Trinajstić information content (AvgIpc) is 2.87. The summed E-state index contributed by atoms with van der Waals surface area (Å²) in [6, 6.07) is 16.7. The first-order valence-corrected chi connectivity index (χ1v) is 13.7. The van der Waals surface area contributed by atoms with E-state index in [4.69, 9.17) is 4.74 Å². The minimum absolute atomic E-state index is 0.103. The minimum atomic E-state index is -3.35. The number of sulfonamides is 1. The number of benzene rings is 2. The third-order valence-electron chi connectivity index (χ3n) is 6.17. The highest BCUT2D eigenvalue weighted by Crippen LogP contribution is 2.23. The molecule has 8 nitrogen and oxygen atoms in total. The molecule has 9 heteroatoms. The Morgan fingerprint density at radius 2 is 1.69 bits per heavy atom. The van der Waals surface area contributed by atoms with Crippen LogP contribution >= 0.6 is 0 Å². The molecule has 1 aliphatic rings. The molecular formula is C26H35N3O5S. The number of nitrogens with one attached hydrogen (secondary N) is 2. The molecule has 1 fully saturated rings. The maximum Gasteiger partial charge on any atom is 0.253 e. The van der Waals surface area contributed by atoms with Crippen molar-refractivity contribution in [3.8, 4) is 0 Å². The summed E-state index contributed by atoms with van der Waals surface area (Å²) in [6.07, 6.45) is 2.89. The number of amides is 2. The molecule has 2 aromatic rings. The van der Waals surface area contributed by atoms with Crippen LogP contribution < -0.4 is 10.6 Å². The lowest BCUT2D eigenvalue weighted by Crippen LogP contribution is -2.42. The number of aryl methyl sites for hydroxylation is 1. The first-order valence-electron chi connectivity index (χ1n) is 12.1. The van der Waals surface area contributed by atoms with Crippen molar-refractivity contribution < 1.29 is 22.7 Å². The van der Waals surface area contributed by atoms with Crippen LogP contribution in [0.5, 0.6) is 0 Å². The van der Waals surface area contributed by atoms with E-state index in [1.807, 2.05) is 30.3 Å². The second kappa shape index (κ2) is 13.4. The van der Waals surface area contributed by atoms with Gasteiger partial charge in [-0.05, 0) is 49.8 Å². The van der Waals surface area contributed by atoms with Gasteiger partial charge in [-0.3, -0.25) is 9.59 Å². The molecule has 1 heterocycles. The Labute approximate surface area is 208 Å². The maximum absolute atomic E-state index is 12.9. The van der Waals surface area contributed by atoms with Gasteiger partial charge >= 0.3 is 0 Å². The number of piperidine rings is 1. The van der Waals surface area contributed by atoms with Gasteiger partial charge in [-0.1, -0.05) is 42.5 Å². The fourth-order valence-corrected chi connectivity index (χ4v) is 5.70. The van der Waals surface area contributed by atoms with E-state index in [1.165, 1.54) is 4.31 Å². The highest BCUT2D eigenvalue weighted by molar-refractivity contribution is 7.89. The smallest absolute Gasteiger partial charge is 0.253 e. The molecule has 0 unspecified atom stereocenters. The fourth-order valence-electron chi connectivity index (χ4n) is 4.17. The first kappa shape index (κ1) is 26.8. The van der Waals surface area contributed by atoms with E-state index in [0.717, 1.165) is 12.0 Å². The molecule has 0 bridgehead atoms. The Balaban J connectivity index is 1.48. The van der Waals surface area contributed by atoms with E-state index < -0.39 is 10.0 Å². The van der Waals surface area contributed by atoms with Crippen molar-refractivity contribution in [1.29, 1.82) is 0 Å². The molecule has 2 amide bonds. The van der Waals surface area contributed by atoms with Crippen LogP contribution in [0.4, 0.5) is 5.69 Å². The summed E-state index contributed by atoms with van der Waals surface area (Å²) in [4.78, 5) is 25.4. The maximum atomic E-state index is 12.9. The number of carbonyl (C=O) groups is 2. The molecule has 2 aromatic carbocycles. The molecule has 1 saturated heterocycles. The number of anilines is 1.